The second kappa shape index (κ2) is 11.5. The first-order valence-electron chi connectivity index (χ1n) is 12.6. The Balaban J connectivity index is 1.59. The smallest absolute Gasteiger partial charge is 0.239 e. The van der Waals surface area contributed by atoms with Gasteiger partial charge in [-0.05, 0) is 18.2 Å². The number of hydrogen-bond acceptors (Lipinski definition) is 16. The summed E-state index contributed by atoms with van der Waals surface area (Å²) in [6.45, 7) is -1.40. The summed E-state index contributed by atoms with van der Waals surface area (Å²) in [5, 5.41) is 99.7. The zero-order valence-electron chi connectivity index (χ0n) is 21.4. The molecule has 3 heterocycles. The molecular formula is C26H28O16. The molecule has 16 heteroatoms. The van der Waals surface area contributed by atoms with E-state index in [1.54, 1.807) is 0 Å². The van der Waals surface area contributed by atoms with Crippen molar-refractivity contribution < 1.29 is 74.4 Å². The molecule has 1 aromatic heterocycles. The van der Waals surface area contributed by atoms with Crippen LogP contribution in [0.3, 0.4) is 0 Å². The molecule has 42 heavy (non-hydrogen) atoms. The fraction of sp³-hybridized carbons (Fsp3) is 0.423. The van der Waals surface area contributed by atoms with E-state index >= 15 is 0 Å². The maximum atomic E-state index is 13.6. The van der Waals surface area contributed by atoms with Crippen LogP contribution in [0.15, 0.2) is 39.5 Å². The lowest BCUT2D eigenvalue weighted by Gasteiger charge is -2.39. The second-order valence-corrected chi connectivity index (χ2v) is 9.75. The van der Waals surface area contributed by atoms with Gasteiger partial charge in [0.25, 0.3) is 0 Å². The average Bonchev–Trinajstić information content (AvgIpc) is 3.23. The molecule has 9 atom stereocenters. The van der Waals surface area contributed by atoms with Gasteiger partial charge in [0.2, 0.25) is 23.8 Å². The molecule has 10 N–H and O–H groups in total. The van der Waals surface area contributed by atoms with E-state index in [1.807, 2.05) is 0 Å². The van der Waals surface area contributed by atoms with E-state index in [4.69, 9.17) is 23.4 Å². The number of rotatable bonds is 7. The number of ether oxygens (including phenoxy) is 4. The van der Waals surface area contributed by atoms with Crippen LogP contribution in [0.25, 0.3) is 22.3 Å². The summed E-state index contributed by atoms with van der Waals surface area (Å²) in [6, 6.07) is 5.41. The van der Waals surface area contributed by atoms with Crippen LogP contribution in [0.1, 0.15) is 0 Å². The van der Waals surface area contributed by atoms with E-state index in [9.17, 15) is 55.9 Å². The highest BCUT2D eigenvalue weighted by atomic mass is 16.7. The molecular weight excluding hydrogens is 568 g/mol. The molecule has 0 saturated carbocycles. The van der Waals surface area contributed by atoms with Gasteiger partial charge in [-0.25, -0.2) is 0 Å². The van der Waals surface area contributed by atoms with E-state index in [1.165, 1.54) is 6.07 Å². The Morgan fingerprint density at radius 2 is 1.29 bits per heavy atom. The highest BCUT2D eigenvalue weighted by Crippen LogP contribution is 2.40. The monoisotopic (exact) mass is 596 g/mol. The first-order valence-corrected chi connectivity index (χ1v) is 12.6. The molecule has 2 saturated heterocycles. The van der Waals surface area contributed by atoms with Gasteiger partial charge in [0.15, 0.2) is 17.3 Å². The topological polar surface area (TPSA) is 269 Å². The Hall–Kier alpha value is -3.71. The van der Waals surface area contributed by atoms with E-state index in [0.717, 1.165) is 24.3 Å². The summed E-state index contributed by atoms with van der Waals surface area (Å²) in [7, 11) is 0. The molecule has 16 nitrogen and oxygen atoms in total. The molecule has 0 unspecified atom stereocenters. The number of phenols is 3. The number of aliphatic hydroxyl groups is 7. The van der Waals surface area contributed by atoms with Crippen molar-refractivity contribution in [1.29, 1.82) is 0 Å². The van der Waals surface area contributed by atoms with Crippen molar-refractivity contribution >= 4 is 11.0 Å². The van der Waals surface area contributed by atoms with Crippen LogP contribution in [0.2, 0.25) is 0 Å². The molecule has 0 spiro atoms. The number of hydrogen-bond donors (Lipinski definition) is 10. The molecule has 2 aromatic carbocycles. The lowest BCUT2D eigenvalue weighted by atomic mass is 9.99. The maximum Gasteiger partial charge on any atom is 0.239 e. The van der Waals surface area contributed by atoms with Gasteiger partial charge < -0.3 is 74.4 Å². The van der Waals surface area contributed by atoms with Crippen molar-refractivity contribution in [2.45, 2.75) is 55.3 Å². The summed E-state index contributed by atoms with van der Waals surface area (Å²) < 4.78 is 27.6. The minimum Gasteiger partial charge on any atom is -0.507 e. The van der Waals surface area contributed by atoms with Crippen molar-refractivity contribution in [3.8, 4) is 40.1 Å². The number of aliphatic hydroxyl groups excluding tert-OH is 7. The van der Waals surface area contributed by atoms with Crippen molar-refractivity contribution in [2.24, 2.45) is 0 Å². The maximum absolute atomic E-state index is 13.6. The van der Waals surface area contributed by atoms with Gasteiger partial charge in [0.05, 0.1) is 13.2 Å². The molecule has 0 radical (unpaired) electrons. The lowest BCUT2D eigenvalue weighted by molar-refractivity contribution is -0.277. The van der Waals surface area contributed by atoms with Crippen LogP contribution >= 0.6 is 0 Å². The Kier molecular flexibility index (Phi) is 8.17. The van der Waals surface area contributed by atoms with Crippen LogP contribution in [-0.4, -0.2) is 120 Å². The summed E-state index contributed by atoms with van der Waals surface area (Å²) in [5.74, 6) is -3.08. The molecule has 0 aliphatic carbocycles. The third kappa shape index (κ3) is 5.19. The van der Waals surface area contributed by atoms with Crippen LogP contribution in [0.5, 0.6) is 28.7 Å². The molecule has 5 rings (SSSR count). The number of fused-ring (bicyclic) bond motifs is 1. The summed E-state index contributed by atoms with van der Waals surface area (Å²) in [5.41, 5.74) is -1.35. The fourth-order valence-corrected chi connectivity index (χ4v) is 4.67. The fourth-order valence-electron chi connectivity index (χ4n) is 4.67. The molecule has 228 valence electrons. The van der Waals surface area contributed by atoms with Gasteiger partial charge in [-0.15, -0.1) is 0 Å². The third-order valence-corrected chi connectivity index (χ3v) is 6.98. The Morgan fingerprint density at radius 3 is 1.90 bits per heavy atom. The van der Waals surface area contributed by atoms with E-state index in [-0.39, 0.29) is 22.7 Å². The van der Waals surface area contributed by atoms with Gasteiger partial charge in [-0.2, -0.15) is 0 Å². The van der Waals surface area contributed by atoms with Gasteiger partial charge >= 0.3 is 0 Å². The Bertz CT molecular complexity index is 1500. The molecule has 0 amide bonds. The summed E-state index contributed by atoms with van der Waals surface area (Å²) in [4.78, 5) is 13.6. The van der Waals surface area contributed by atoms with Crippen LogP contribution in [0.4, 0.5) is 0 Å². The molecule has 2 aliphatic heterocycles. The van der Waals surface area contributed by atoms with Crippen LogP contribution in [0, 0.1) is 0 Å². The SMILES string of the molecule is O=c1c(O[C@H]2O[C@@H](CO)[C@H](O)[C@H]2O)c(-c2ccc(O)c(O)c2)oc2cc(O[C@@H]3O[C@H](CO)[C@@H](O)[C@H](O)[C@H]3O)cc(O)c12. The van der Waals surface area contributed by atoms with Crippen molar-refractivity contribution in [1.82, 2.24) is 0 Å². The zero-order valence-corrected chi connectivity index (χ0v) is 21.4. The summed E-state index contributed by atoms with van der Waals surface area (Å²) in [6.07, 6.45) is -14.3. The van der Waals surface area contributed by atoms with E-state index in [2.05, 4.69) is 0 Å². The van der Waals surface area contributed by atoms with Crippen LogP contribution in [-0.2, 0) is 9.47 Å². The van der Waals surface area contributed by atoms with E-state index in [0.29, 0.717) is 0 Å². The predicted molar refractivity (Wildman–Crippen MR) is 136 cm³/mol. The quantitative estimate of drug-likeness (QED) is 0.127. The lowest BCUT2D eigenvalue weighted by Crippen LogP contribution is -2.60. The van der Waals surface area contributed by atoms with Crippen molar-refractivity contribution in [3.05, 3.63) is 40.6 Å². The molecule has 0 bridgehead atoms. The predicted octanol–water partition coefficient (Wildman–Crippen LogP) is -2.43. The first-order chi connectivity index (χ1) is 19.9. The Labute approximate surface area is 235 Å². The number of aromatic hydroxyl groups is 3. The average molecular weight is 596 g/mol. The molecule has 3 aromatic rings. The van der Waals surface area contributed by atoms with Crippen LogP contribution < -0.4 is 14.9 Å². The van der Waals surface area contributed by atoms with Gasteiger partial charge in [0, 0.05) is 17.7 Å². The minimum atomic E-state index is -1.78. The van der Waals surface area contributed by atoms with Crippen molar-refractivity contribution in [2.75, 3.05) is 13.2 Å². The van der Waals surface area contributed by atoms with Crippen molar-refractivity contribution in [3.63, 3.8) is 0 Å². The third-order valence-electron chi connectivity index (χ3n) is 6.98. The van der Waals surface area contributed by atoms with Gasteiger partial charge in [-0.1, -0.05) is 0 Å². The highest BCUT2D eigenvalue weighted by Gasteiger charge is 2.46. The van der Waals surface area contributed by atoms with Gasteiger partial charge in [-0.3, -0.25) is 4.79 Å². The molecule has 2 fully saturated rings. The largest absolute Gasteiger partial charge is 0.507 e. The Morgan fingerprint density at radius 1 is 0.690 bits per heavy atom. The zero-order chi connectivity index (χ0) is 30.5. The highest BCUT2D eigenvalue weighted by molar-refractivity contribution is 5.88. The number of phenolic OH excluding ortho intramolecular Hbond substituents is 3. The first kappa shape index (κ1) is 29.8. The second-order valence-electron chi connectivity index (χ2n) is 9.75. The number of benzene rings is 2. The molecule has 2 aliphatic rings. The summed E-state index contributed by atoms with van der Waals surface area (Å²) >= 11 is 0. The minimum absolute atomic E-state index is 0.0224. The standard InChI is InChI=1S/C26H28O16/c27-6-14-17(32)20(35)22(37)25(40-14)38-9-4-12(31)16-13(5-9)39-23(8-1-2-10(29)11(30)3-8)24(19(16)34)42-26-21(36)18(33)15(7-28)41-26/h1-5,14-15,17-18,20-22,25-33,35-37H,6-7H2/t14-,15+,17-,18+,20+,21-,22-,25-,26-/m1/s1. The normalized spacial score (nSPS) is 31.4. The van der Waals surface area contributed by atoms with E-state index < -0.39 is 102 Å². The van der Waals surface area contributed by atoms with Gasteiger partial charge in [0.1, 0.15) is 65.2 Å².